The molecular formula is C16H10FN2O3S-. The zero-order chi connectivity index (χ0) is 16.2. The van der Waals surface area contributed by atoms with Gasteiger partial charge < -0.3 is 14.4 Å². The van der Waals surface area contributed by atoms with Crippen LogP contribution in [0.2, 0.25) is 0 Å². The number of carboxylic acids is 1. The molecule has 23 heavy (non-hydrogen) atoms. The van der Waals surface area contributed by atoms with Crippen LogP contribution in [0.25, 0.3) is 23.0 Å². The topological polar surface area (TPSA) is 79.0 Å². The number of hydrogen-bond acceptors (Lipinski definition) is 6. The van der Waals surface area contributed by atoms with E-state index in [2.05, 4.69) is 10.1 Å². The summed E-state index contributed by atoms with van der Waals surface area (Å²) in [4.78, 5) is 15.2. The molecule has 7 heteroatoms. The monoisotopic (exact) mass is 329 g/mol. The molecule has 0 aliphatic heterocycles. The van der Waals surface area contributed by atoms with Gasteiger partial charge in [0.15, 0.2) is 0 Å². The van der Waals surface area contributed by atoms with E-state index in [1.165, 1.54) is 35.6 Å². The summed E-state index contributed by atoms with van der Waals surface area (Å²) < 4.78 is 18.4. The number of thiophene rings is 1. The van der Waals surface area contributed by atoms with Gasteiger partial charge in [-0.1, -0.05) is 17.3 Å². The lowest BCUT2D eigenvalue weighted by molar-refractivity contribution is -0.304. The Labute approximate surface area is 134 Å². The van der Waals surface area contributed by atoms with Crippen LogP contribution in [0.4, 0.5) is 4.39 Å². The fraction of sp³-hybridized carbons (Fsp3) is 0.0625. The van der Waals surface area contributed by atoms with Crippen molar-refractivity contribution in [2.75, 3.05) is 0 Å². The van der Waals surface area contributed by atoms with Gasteiger partial charge in [-0.3, -0.25) is 0 Å². The Bertz CT molecular complexity index is 856. The van der Waals surface area contributed by atoms with Crippen LogP contribution in [0.5, 0.6) is 0 Å². The smallest absolute Gasteiger partial charge is 0.254 e. The highest BCUT2D eigenvalue weighted by molar-refractivity contribution is 7.08. The Hall–Kier alpha value is -2.80. The zero-order valence-corrected chi connectivity index (χ0v) is 12.5. The van der Waals surface area contributed by atoms with Crippen molar-refractivity contribution in [2.45, 2.75) is 6.42 Å². The van der Waals surface area contributed by atoms with Crippen molar-refractivity contribution in [3.05, 3.63) is 58.4 Å². The highest BCUT2D eigenvalue weighted by atomic mass is 32.1. The molecule has 3 aromatic rings. The minimum Gasteiger partial charge on any atom is -0.550 e. The molecule has 0 aliphatic carbocycles. The van der Waals surface area contributed by atoms with E-state index < -0.39 is 18.2 Å². The van der Waals surface area contributed by atoms with Crippen LogP contribution in [0, 0.1) is 5.82 Å². The Balaban J connectivity index is 1.98. The fourth-order valence-electron chi connectivity index (χ4n) is 2.00. The van der Waals surface area contributed by atoms with Gasteiger partial charge in [-0.05, 0) is 35.2 Å². The first-order valence-electron chi connectivity index (χ1n) is 6.64. The first kappa shape index (κ1) is 15.1. The normalized spacial score (nSPS) is 11.6. The Morgan fingerprint density at radius 2 is 2.26 bits per heavy atom. The molecule has 0 saturated heterocycles. The quantitative estimate of drug-likeness (QED) is 0.719. The molecule has 1 aromatic carbocycles. The lowest BCUT2D eigenvalue weighted by Gasteiger charge is -2.04. The first-order chi connectivity index (χ1) is 11.1. The zero-order valence-electron chi connectivity index (χ0n) is 11.7. The number of halogens is 1. The summed E-state index contributed by atoms with van der Waals surface area (Å²) in [6, 6.07) is 7.59. The lowest BCUT2D eigenvalue weighted by atomic mass is 10.1. The maximum Gasteiger partial charge on any atom is 0.254 e. The SMILES string of the molecule is O=C([O-])C/C(=C\c1cccc(F)c1)c1nc(-c2ccsc2)no1. The second-order valence-electron chi connectivity index (χ2n) is 4.71. The van der Waals surface area contributed by atoms with E-state index in [4.69, 9.17) is 4.52 Å². The van der Waals surface area contributed by atoms with E-state index in [1.807, 2.05) is 16.8 Å². The fourth-order valence-corrected chi connectivity index (χ4v) is 2.64. The Morgan fingerprint density at radius 3 is 2.96 bits per heavy atom. The second-order valence-corrected chi connectivity index (χ2v) is 5.49. The molecule has 2 aromatic heterocycles. The van der Waals surface area contributed by atoms with E-state index >= 15 is 0 Å². The van der Waals surface area contributed by atoms with Crippen molar-refractivity contribution in [3.63, 3.8) is 0 Å². The van der Waals surface area contributed by atoms with Gasteiger partial charge in [0.05, 0.1) is 0 Å². The van der Waals surface area contributed by atoms with Crippen LogP contribution in [0.15, 0.2) is 45.6 Å². The van der Waals surface area contributed by atoms with E-state index in [0.29, 0.717) is 11.4 Å². The minimum absolute atomic E-state index is 0.0691. The molecule has 0 bridgehead atoms. The van der Waals surface area contributed by atoms with E-state index in [-0.39, 0.29) is 11.5 Å². The average molecular weight is 329 g/mol. The van der Waals surface area contributed by atoms with Crippen molar-refractivity contribution in [1.82, 2.24) is 10.1 Å². The molecule has 116 valence electrons. The van der Waals surface area contributed by atoms with Crippen molar-refractivity contribution in [2.24, 2.45) is 0 Å². The van der Waals surface area contributed by atoms with Gasteiger partial charge in [0.25, 0.3) is 5.89 Å². The van der Waals surface area contributed by atoms with Gasteiger partial charge in [-0.15, -0.1) is 0 Å². The number of benzene rings is 1. The highest BCUT2D eigenvalue weighted by Gasteiger charge is 2.14. The Kier molecular flexibility index (Phi) is 4.29. The number of carbonyl (C=O) groups is 1. The van der Waals surface area contributed by atoms with Crippen LogP contribution in [-0.4, -0.2) is 16.1 Å². The van der Waals surface area contributed by atoms with E-state index in [0.717, 1.165) is 5.56 Å². The molecule has 0 fully saturated rings. The molecule has 0 aliphatic rings. The summed E-state index contributed by atoms with van der Waals surface area (Å²) in [5, 5.41) is 18.5. The van der Waals surface area contributed by atoms with Gasteiger partial charge in [-0.25, -0.2) is 4.39 Å². The summed E-state index contributed by atoms with van der Waals surface area (Å²) in [5.74, 6) is -1.27. The van der Waals surface area contributed by atoms with Gasteiger partial charge in [0, 0.05) is 28.9 Å². The van der Waals surface area contributed by atoms with Gasteiger partial charge in [-0.2, -0.15) is 16.3 Å². The molecule has 0 spiro atoms. The van der Waals surface area contributed by atoms with Gasteiger partial charge in [0.1, 0.15) is 5.82 Å². The number of nitrogens with zero attached hydrogens (tertiary/aromatic N) is 2. The lowest BCUT2D eigenvalue weighted by Crippen LogP contribution is -2.22. The third-order valence-corrected chi connectivity index (χ3v) is 3.69. The van der Waals surface area contributed by atoms with Gasteiger partial charge >= 0.3 is 0 Å². The summed E-state index contributed by atoms with van der Waals surface area (Å²) in [7, 11) is 0. The van der Waals surface area contributed by atoms with Crippen molar-refractivity contribution in [1.29, 1.82) is 0 Å². The summed E-state index contributed by atoms with van der Waals surface area (Å²) in [6.07, 6.45) is 1.07. The predicted molar refractivity (Wildman–Crippen MR) is 81.5 cm³/mol. The average Bonchev–Trinajstić information content (AvgIpc) is 3.17. The van der Waals surface area contributed by atoms with E-state index in [1.54, 1.807) is 6.07 Å². The number of hydrogen-bond donors (Lipinski definition) is 0. The molecule has 0 saturated carbocycles. The van der Waals surface area contributed by atoms with Crippen molar-refractivity contribution < 1.29 is 18.8 Å². The summed E-state index contributed by atoms with van der Waals surface area (Å²) in [5.41, 5.74) is 1.53. The highest BCUT2D eigenvalue weighted by Crippen LogP contribution is 2.24. The maximum atomic E-state index is 13.3. The number of carbonyl (C=O) groups excluding carboxylic acids is 1. The molecular weight excluding hydrogens is 319 g/mol. The predicted octanol–water partition coefficient (Wildman–Crippen LogP) is 2.62. The third-order valence-electron chi connectivity index (χ3n) is 3.00. The van der Waals surface area contributed by atoms with Crippen molar-refractivity contribution in [3.8, 4) is 11.4 Å². The molecule has 5 nitrogen and oxygen atoms in total. The number of carboxylic acid groups (broad SMARTS) is 1. The van der Waals surface area contributed by atoms with Crippen LogP contribution >= 0.6 is 11.3 Å². The number of rotatable bonds is 5. The van der Waals surface area contributed by atoms with Gasteiger partial charge in [0.2, 0.25) is 5.82 Å². The summed E-state index contributed by atoms with van der Waals surface area (Å²) in [6.45, 7) is 0. The first-order valence-corrected chi connectivity index (χ1v) is 7.59. The molecule has 0 amide bonds. The minimum atomic E-state index is -1.29. The molecule has 0 unspecified atom stereocenters. The molecule has 0 radical (unpaired) electrons. The number of aliphatic carboxylic acids is 1. The molecule has 0 atom stereocenters. The van der Waals surface area contributed by atoms with Crippen LogP contribution in [-0.2, 0) is 4.79 Å². The maximum absolute atomic E-state index is 13.3. The van der Waals surface area contributed by atoms with Crippen molar-refractivity contribution >= 4 is 29.0 Å². The van der Waals surface area contributed by atoms with Crippen LogP contribution < -0.4 is 5.11 Å². The second kappa shape index (κ2) is 6.53. The third kappa shape index (κ3) is 3.70. The number of aromatic nitrogens is 2. The molecule has 0 N–H and O–H groups in total. The standard InChI is InChI=1S/C16H11FN2O3S/c17-13-3-1-2-10(7-13)6-12(8-14(20)21)16-18-15(19-22-16)11-4-5-23-9-11/h1-7,9H,8H2,(H,20,21)/p-1/b12-6+. The van der Waals surface area contributed by atoms with Crippen LogP contribution in [0.3, 0.4) is 0 Å². The van der Waals surface area contributed by atoms with Crippen LogP contribution in [0.1, 0.15) is 17.9 Å². The van der Waals surface area contributed by atoms with E-state index in [9.17, 15) is 14.3 Å². The molecule has 2 heterocycles. The largest absolute Gasteiger partial charge is 0.550 e. The molecule has 3 rings (SSSR count). The Morgan fingerprint density at radius 1 is 1.39 bits per heavy atom. The summed E-state index contributed by atoms with van der Waals surface area (Å²) >= 11 is 1.48.